The van der Waals surface area contributed by atoms with Crippen LogP contribution in [0.1, 0.15) is 12.0 Å². The van der Waals surface area contributed by atoms with Gasteiger partial charge in [0.1, 0.15) is 17.2 Å². The van der Waals surface area contributed by atoms with Gasteiger partial charge in [0.05, 0.1) is 7.11 Å². The van der Waals surface area contributed by atoms with Crippen LogP contribution in [0, 0.1) is 10.8 Å². The molecule has 0 amide bonds. The zero-order chi connectivity index (χ0) is 14.4. The molecule has 0 fully saturated rings. The molecule has 0 saturated carbocycles. The maximum atomic E-state index is 7.76. The predicted octanol–water partition coefficient (Wildman–Crippen LogP) is 3.90. The Morgan fingerprint density at radius 2 is 1.45 bits per heavy atom. The van der Waals surface area contributed by atoms with Crippen molar-refractivity contribution in [3.63, 3.8) is 0 Å². The van der Waals surface area contributed by atoms with E-state index in [0.29, 0.717) is 17.9 Å². The summed E-state index contributed by atoms with van der Waals surface area (Å²) in [5, 5.41) is 14.8. The first kappa shape index (κ1) is 13.8. The van der Waals surface area contributed by atoms with Gasteiger partial charge < -0.3 is 20.3 Å². The van der Waals surface area contributed by atoms with Crippen molar-refractivity contribution in [2.45, 2.75) is 6.42 Å². The van der Waals surface area contributed by atoms with Gasteiger partial charge in [0.15, 0.2) is 0 Å². The Morgan fingerprint density at radius 1 is 0.950 bits per heavy atom. The number of methoxy groups -OCH3 is 1. The molecule has 20 heavy (non-hydrogen) atoms. The van der Waals surface area contributed by atoms with Crippen LogP contribution in [-0.2, 0) is 0 Å². The van der Waals surface area contributed by atoms with E-state index in [0.717, 1.165) is 17.1 Å². The molecule has 0 unspecified atom stereocenters. The molecule has 0 radical (unpaired) electrons. The van der Waals surface area contributed by atoms with Crippen molar-refractivity contribution in [3.8, 4) is 17.2 Å². The Balaban J connectivity index is 2.06. The first-order valence-electron chi connectivity index (χ1n) is 6.21. The summed E-state index contributed by atoms with van der Waals surface area (Å²) in [7, 11) is 1.62. The summed E-state index contributed by atoms with van der Waals surface area (Å²) < 4.78 is 10.8. The van der Waals surface area contributed by atoms with Gasteiger partial charge in [-0.25, -0.2) is 0 Å². The molecular formula is C16H16N2O2. The molecule has 0 aliphatic rings. The smallest absolute Gasteiger partial charge is 0.127 e. The van der Waals surface area contributed by atoms with Gasteiger partial charge in [0.2, 0.25) is 0 Å². The van der Waals surface area contributed by atoms with Crippen LogP contribution >= 0.6 is 0 Å². The van der Waals surface area contributed by atoms with E-state index in [-0.39, 0.29) is 0 Å². The lowest BCUT2D eigenvalue weighted by Crippen LogP contribution is -1.98. The highest BCUT2D eigenvalue weighted by molar-refractivity contribution is 6.04. The second-order valence-corrected chi connectivity index (χ2v) is 4.19. The fraction of sp³-hybridized carbons (Fsp3) is 0.125. The van der Waals surface area contributed by atoms with Gasteiger partial charge in [-0.15, -0.1) is 0 Å². The largest absolute Gasteiger partial charge is 0.497 e. The Hall–Kier alpha value is -2.62. The summed E-state index contributed by atoms with van der Waals surface area (Å²) in [6.45, 7) is 0. The maximum Gasteiger partial charge on any atom is 0.127 e. The number of hydrogen-bond donors (Lipinski definition) is 2. The lowest BCUT2D eigenvalue weighted by Gasteiger charge is -2.07. The Bertz CT molecular complexity index is 589. The third-order valence-electron chi connectivity index (χ3n) is 2.80. The molecule has 0 saturated heterocycles. The van der Waals surface area contributed by atoms with Crippen LogP contribution in [0.15, 0.2) is 48.5 Å². The molecule has 0 aliphatic heterocycles. The normalized spacial score (nSPS) is 9.85. The van der Waals surface area contributed by atoms with Crippen LogP contribution in [0.4, 0.5) is 0 Å². The van der Waals surface area contributed by atoms with Crippen LogP contribution in [0.3, 0.4) is 0 Å². The van der Waals surface area contributed by atoms with Crippen molar-refractivity contribution in [1.82, 2.24) is 0 Å². The molecule has 0 spiro atoms. The van der Waals surface area contributed by atoms with E-state index in [9.17, 15) is 0 Å². The van der Waals surface area contributed by atoms with Crippen molar-refractivity contribution in [2.75, 3.05) is 7.11 Å². The molecule has 2 aromatic rings. The minimum Gasteiger partial charge on any atom is -0.497 e. The molecule has 102 valence electrons. The summed E-state index contributed by atoms with van der Waals surface area (Å²) in [5.74, 6) is 2.22. The average Bonchev–Trinajstić information content (AvgIpc) is 2.49. The van der Waals surface area contributed by atoms with E-state index in [4.69, 9.17) is 20.3 Å². The van der Waals surface area contributed by atoms with Crippen molar-refractivity contribution in [1.29, 1.82) is 10.8 Å². The fourth-order valence-electron chi connectivity index (χ4n) is 1.72. The van der Waals surface area contributed by atoms with Gasteiger partial charge in [-0.1, -0.05) is 0 Å². The highest BCUT2D eigenvalue weighted by Gasteiger charge is 2.02. The molecule has 2 rings (SSSR count). The zero-order valence-electron chi connectivity index (χ0n) is 11.2. The van der Waals surface area contributed by atoms with Crippen molar-refractivity contribution >= 4 is 11.9 Å². The van der Waals surface area contributed by atoms with Gasteiger partial charge in [0, 0.05) is 18.3 Å². The second-order valence-electron chi connectivity index (χ2n) is 4.19. The summed E-state index contributed by atoms with van der Waals surface area (Å²) in [6.07, 6.45) is 1.57. The highest BCUT2D eigenvalue weighted by atomic mass is 16.5. The SMILES string of the molecule is COc1ccc(Oc2ccc(C(=N)CC=N)cc2)cc1. The van der Waals surface area contributed by atoms with Gasteiger partial charge in [-0.05, 0) is 54.1 Å². The van der Waals surface area contributed by atoms with Crippen LogP contribution in [0.2, 0.25) is 0 Å². The highest BCUT2D eigenvalue weighted by Crippen LogP contribution is 2.24. The lowest BCUT2D eigenvalue weighted by atomic mass is 10.1. The molecule has 2 N–H and O–H groups in total. The first-order chi connectivity index (χ1) is 9.72. The van der Waals surface area contributed by atoms with E-state index in [1.165, 1.54) is 6.21 Å². The van der Waals surface area contributed by atoms with E-state index < -0.39 is 0 Å². The molecule has 0 aromatic heterocycles. The Morgan fingerprint density at radius 3 is 1.95 bits per heavy atom. The standard InChI is InChI=1S/C16H16N2O2/c1-19-13-6-8-15(9-7-13)20-14-4-2-12(3-5-14)16(18)10-11-17/h2-9,11,17-18H,10H2,1H3. The minimum absolute atomic E-state index is 0.346. The number of nitrogens with one attached hydrogen (secondary N) is 2. The number of ether oxygens (including phenoxy) is 2. The van der Waals surface area contributed by atoms with Crippen molar-refractivity contribution in [2.24, 2.45) is 0 Å². The molecule has 0 bridgehead atoms. The van der Waals surface area contributed by atoms with Crippen molar-refractivity contribution < 1.29 is 9.47 Å². The minimum atomic E-state index is 0.346. The molecule has 0 atom stereocenters. The van der Waals surface area contributed by atoms with Crippen LogP contribution in [-0.4, -0.2) is 19.0 Å². The fourth-order valence-corrected chi connectivity index (χ4v) is 1.72. The number of rotatable bonds is 6. The second kappa shape index (κ2) is 6.52. The van der Waals surface area contributed by atoms with E-state index in [1.807, 2.05) is 48.5 Å². The van der Waals surface area contributed by atoms with Crippen LogP contribution in [0.25, 0.3) is 0 Å². The van der Waals surface area contributed by atoms with E-state index >= 15 is 0 Å². The van der Waals surface area contributed by atoms with Crippen LogP contribution < -0.4 is 9.47 Å². The monoisotopic (exact) mass is 268 g/mol. The third-order valence-corrected chi connectivity index (χ3v) is 2.80. The van der Waals surface area contributed by atoms with Gasteiger partial charge in [-0.2, -0.15) is 0 Å². The zero-order valence-corrected chi connectivity index (χ0v) is 11.2. The summed E-state index contributed by atoms with van der Waals surface area (Å²) in [4.78, 5) is 0. The molecule has 0 heterocycles. The molecule has 4 heteroatoms. The first-order valence-corrected chi connectivity index (χ1v) is 6.21. The number of hydrogen-bond acceptors (Lipinski definition) is 4. The van der Waals surface area contributed by atoms with E-state index in [2.05, 4.69) is 0 Å². The number of benzene rings is 2. The third kappa shape index (κ3) is 3.45. The topological polar surface area (TPSA) is 66.2 Å². The summed E-state index contributed by atoms with van der Waals surface area (Å²) in [6, 6.07) is 14.6. The Labute approximate surface area is 118 Å². The van der Waals surface area contributed by atoms with Gasteiger partial charge in [0.25, 0.3) is 0 Å². The summed E-state index contributed by atoms with van der Waals surface area (Å²) >= 11 is 0. The van der Waals surface area contributed by atoms with Crippen LogP contribution in [0.5, 0.6) is 17.2 Å². The predicted molar refractivity (Wildman–Crippen MR) is 79.7 cm³/mol. The molecular weight excluding hydrogens is 252 g/mol. The average molecular weight is 268 g/mol. The lowest BCUT2D eigenvalue weighted by molar-refractivity contribution is 0.413. The molecule has 2 aromatic carbocycles. The molecule has 0 aliphatic carbocycles. The van der Waals surface area contributed by atoms with Gasteiger partial charge in [-0.3, -0.25) is 0 Å². The quantitative estimate of drug-likeness (QED) is 0.780. The van der Waals surface area contributed by atoms with E-state index in [1.54, 1.807) is 7.11 Å². The maximum absolute atomic E-state index is 7.76. The molecule has 4 nitrogen and oxygen atoms in total. The van der Waals surface area contributed by atoms with Gasteiger partial charge >= 0.3 is 0 Å². The Kier molecular flexibility index (Phi) is 4.50. The summed E-state index contributed by atoms with van der Waals surface area (Å²) in [5.41, 5.74) is 1.23. The van der Waals surface area contributed by atoms with Crippen molar-refractivity contribution in [3.05, 3.63) is 54.1 Å².